The molecule has 0 bridgehead atoms. The molecule has 0 spiro atoms. The van der Waals surface area contributed by atoms with Gasteiger partial charge in [-0.25, -0.2) is 0 Å². The smallest absolute Gasteiger partial charge is 0.0361 e. The molecular formula is C17H26N2. The first-order chi connectivity index (χ1) is 9.15. The first kappa shape index (κ1) is 14.1. The minimum absolute atomic E-state index is 0.916. The zero-order valence-corrected chi connectivity index (χ0v) is 12.5. The molecule has 0 atom stereocenters. The summed E-state index contributed by atoms with van der Waals surface area (Å²) in [7, 11) is 4.14. The molecule has 1 aliphatic heterocycles. The lowest BCUT2D eigenvalue weighted by atomic mass is 9.99. The van der Waals surface area contributed by atoms with E-state index >= 15 is 0 Å². The van der Waals surface area contributed by atoms with Gasteiger partial charge in [-0.15, -0.1) is 0 Å². The van der Waals surface area contributed by atoms with Gasteiger partial charge in [0.05, 0.1) is 0 Å². The van der Waals surface area contributed by atoms with Crippen LogP contribution in [0.4, 0.5) is 5.69 Å². The molecular weight excluding hydrogens is 232 g/mol. The van der Waals surface area contributed by atoms with Crippen LogP contribution < -0.4 is 4.90 Å². The molecule has 1 saturated heterocycles. The summed E-state index contributed by atoms with van der Waals surface area (Å²) >= 11 is 0. The number of rotatable bonds is 4. The van der Waals surface area contributed by atoms with Gasteiger partial charge in [-0.1, -0.05) is 31.2 Å². The molecule has 104 valence electrons. The third-order valence-corrected chi connectivity index (χ3v) is 3.96. The summed E-state index contributed by atoms with van der Waals surface area (Å²) in [5.41, 5.74) is 2.54. The van der Waals surface area contributed by atoms with Crippen LogP contribution in [0, 0.1) is 5.92 Å². The predicted octanol–water partition coefficient (Wildman–Crippen LogP) is 3.50. The number of likely N-dealkylation sites (tertiary alicyclic amines) is 1. The van der Waals surface area contributed by atoms with E-state index in [1.807, 2.05) is 0 Å². The highest BCUT2D eigenvalue weighted by Crippen LogP contribution is 2.16. The molecule has 1 aliphatic rings. The standard InChI is InChI=1S/C17H26N2/c1-15-10-13-19(14-11-15)12-4-5-16-6-8-17(9-7-16)18(2)3/h4-9,15H,10-14H2,1-3H3/b5-4+. The minimum atomic E-state index is 0.916. The maximum atomic E-state index is 2.55. The Morgan fingerprint density at radius 2 is 1.79 bits per heavy atom. The van der Waals surface area contributed by atoms with Gasteiger partial charge in [-0.2, -0.15) is 0 Å². The Morgan fingerprint density at radius 3 is 2.37 bits per heavy atom. The topological polar surface area (TPSA) is 6.48 Å². The van der Waals surface area contributed by atoms with Crippen molar-refractivity contribution in [2.45, 2.75) is 19.8 Å². The van der Waals surface area contributed by atoms with E-state index in [1.54, 1.807) is 0 Å². The Bertz CT molecular complexity index is 398. The summed E-state index contributed by atoms with van der Waals surface area (Å²) in [4.78, 5) is 4.67. The highest BCUT2D eigenvalue weighted by Gasteiger charge is 2.13. The SMILES string of the molecule is CC1CCN(C/C=C/c2ccc(N(C)C)cc2)CC1. The fourth-order valence-electron chi connectivity index (χ4n) is 2.47. The quantitative estimate of drug-likeness (QED) is 0.815. The number of benzene rings is 1. The van der Waals surface area contributed by atoms with Crippen LogP contribution in [0.25, 0.3) is 6.08 Å². The third kappa shape index (κ3) is 4.39. The zero-order valence-electron chi connectivity index (χ0n) is 12.5. The van der Waals surface area contributed by atoms with Crippen LogP contribution in [0.2, 0.25) is 0 Å². The Hall–Kier alpha value is -1.28. The van der Waals surface area contributed by atoms with Crippen molar-refractivity contribution in [3.8, 4) is 0 Å². The van der Waals surface area contributed by atoms with Crippen molar-refractivity contribution < 1.29 is 0 Å². The third-order valence-electron chi connectivity index (χ3n) is 3.96. The van der Waals surface area contributed by atoms with Crippen molar-refractivity contribution in [3.05, 3.63) is 35.9 Å². The monoisotopic (exact) mass is 258 g/mol. The molecule has 2 heteroatoms. The minimum Gasteiger partial charge on any atom is -0.378 e. The average molecular weight is 258 g/mol. The van der Waals surface area contributed by atoms with Crippen LogP contribution in [0.5, 0.6) is 0 Å². The molecule has 0 radical (unpaired) electrons. The van der Waals surface area contributed by atoms with E-state index in [0.717, 1.165) is 12.5 Å². The van der Waals surface area contributed by atoms with Crippen LogP contribution >= 0.6 is 0 Å². The number of hydrogen-bond donors (Lipinski definition) is 0. The Labute approximate surface area is 117 Å². The first-order valence-electron chi connectivity index (χ1n) is 7.31. The summed E-state index contributed by atoms with van der Waals surface area (Å²) < 4.78 is 0. The second-order valence-corrected chi connectivity index (χ2v) is 5.87. The van der Waals surface area contributed by atoms with Gasteiger partial charge in [0, 0.05) is 26.3 Å². The van der Waals surface area contributed by atoms with Gasteiger partial charge in [0.2, 0.25) is 0 Å². The van der Waals surface area contributed by atoms with E-state index < -0.39 is 0 Å². The summed E-state index contributed by atoms with van der Waals surface area (Å²) in [5.74, 6) is 0.916. The largest absolute Gasteiger partial charge is 0.378 e. The molecule has 1 heterocycles. The number of piperidine rings is 1. The molecule has 2 rings (SSSR count). The molecule has 1 aromatic carbocycles. The second-order valence-electron chi connectivity index (χ2n) is 5.87. The normalized spacial score (nSPS) is 18.1. The lowest BCUT2D eigenvalue weighted by Gasteiger charge is -2.29. The zero-order chi connectivity index (χ0) is 13.7. The van der Waals surface area contributed by atoms with E-state index in [1.165, 1.54) is 37.2 Å². The summed E-state index contributed by atoms with van der Waals surface area (Å²) in [6, 6.07) is 8.71. The van der Waals surface area contributed by atoms with Gasteiger partial charge in [0.15, 0.2) is 0 Å². The Kier molecular flexibility index (Phi) is 5.03. The summed E-state index contributed by atoms with van der Waals surface area (Å²) in [6.45, 7) is 5.96. The fraction of sp³-hybridized carbons (Fsp3) is 0.529. The molecule has 0 amide bonds. The fourth-order valence-corrected chi connectivity index (χ4v) is 2.47. The van der Waals surface area contributed by atoms with Crippen molar-refractivity contribution in [2.24, 2.45) is 5.92 Å². The van der Waals surface area contributed by atoms with Crippen molar-refractivity contribution in [3.63, 3.8) is 0 Å². The molecule has 0 saturated carbocycles. The van der Waals surface area contributed by atoms with Crippen LogP contribution in [0.15, 0.2) is 30.3 Å². The molecule has 2 nitrogen and oxygen atoms in total. The Morgan fingerprint density at radius 1 is 1.16 bits per heavy atom. The van der Waals surface area contributed by atoms with Gasteiger partial charge in [0.1, 0.15) is 0 Å². The molecule has 0 aliphatic carbocycles. The molecule has 19 heavy (non-hydrogen) atoms. The number of hydrogen-bond acceptors (Lipinski definition) is 2. The molecule has 1 fully saturated rings. The van der Waals surface area contributed by atoms with Gasteiger partial charge in [-0.05, 0) is 49.5 Å². The van der Waals surface area contributed by atoms with E-state index in [2.05, 4.69) is 67.2 Å². The van der Waals surface area contributed by atoms with Crippen LogP contribution in [0.3, 0.4) is 0 Å². The van der Waals surface area contributed by atoms with Crippen molar-refractivity contribution in [2.75, 3.05) is 38.6 Å². The number of nitrogens with zero attached hydrogens (tertiary/aromatic N) is 2. The summed E-state index contributed by atoms with van der Waals surface area (Å²) in [6.07, 6.45) is 7.23. The van der Waals surface area contributed by atoms with Gasteiger partial charge in [0.25, 0.3) is 0 Å². The maximum absolute atomic E-state index is 2.55. The molecule has 0 aromatic heterocycles. The maximum Gasteiger partial charge on any atom is 0.0361 e. The van der Waals surface area contributed by atoms with Crippen LogP contribution in [-0.4, -0.2) is 38.6 Å². The van der Waals surface area contributed by atoms with Gasteiger partial charge < -0.3 is 4.90 Å². The lowest BCUT2D eigenvalue weighted by molar-refractivity contribution is 0.210. The highest BCUT2D eigenvalue weighted by molar-refractivity contribution is 5.55. The van der Waals surface area contributed by atoms with Gasteiger partial charge in [-0.3, -0.25) is 4.90 Å². The summed E-state index contributed by atoms with van der Waals surface area (Å²) in [5, 5.41) is 0. The first-order valence-corrected chi connectivity index (χ1v) is 7.31. The van der Waals surface area contributed by atoms with Crippen LogP contribution in [-0.2, 0) is 0 Å². The van der Waals surface area contributed by atoms with Crippen molar-refractivity contribution >= 4 is 11.8 Å². The molecule has 0 unspecified atom stereocenters. The van der Waals surface area contributed by atoms with E-state index in [0.29, 0.717) is 0 Å². The number of anilines is 1. The van der Waals surface area contributed by atoms with Crippen molar-refractivity contribution in [1.29, 1.82) is 0 Å². The average Bonchev–Trinajstić information content (AvgIpc) is 2.41. The second kappa shape index (κ2) is 6.76. The van der Waals surface area contributed by atoms with Crippen molar-refractivity contribution in [1.82, 2.24) is 4.90 Å². The lowest BCUT2D eigenvalue weighted by Crippen LogP contribution is -2.32. The van der Waals surface area contributed by atoms with E-state index in [4.69, 9.17) is 0 Å². The highest BCUT2D eigenvalue weighted by atomic mass is 15.1. The van der Waals surface area contributed by atoms with E-state index in [-0.39, 0.29) is 0 Å². The van der Waals surface area contributed by atoms with E-state index in [9.17, 15) is 0 Å². The predicted molar refractivity (Wildman–Crippen MR) is 84.6 cm³/mol. The molecule has 0 N–H and O–H groups in total. The Balaban J connectivity index is 1.82. The van der Waals surface area contributed by atoms with Crippen LogP contribution in [0.1, 0.15) is 25.3 Å². The van der Waals surface area contributed by atoms with Gasteiger partial charge >= 0.3 is 0 Å². The molecule has 1 aromatic rings.